The minimum Gasteiger partial charge on any atom is -0.339 e. The van der Waals surface area contributed by atoms with Crippen LogP contribution in [-0.4, -0.2) is 28.9 Å². The van der Waals surface area contributed by atoms with E-state index in [2.05, 4.69) is 4.98 Å². The fourth-order valence-electron chi connectivity index (χ4n) is 2.83. The quantitative estimate of drug-likeness (QED) is 0.795. The number of para-hydroxylation sites is 1. The van der Waals surface area contributed by atoms with Gasteiger partial charge in [0.25, 0.3) is 5.91 Å². The van der Waals surface area contributed by atoms with Gasteiger partial charge >= 0.3 is 0 Å². The molecule has 0 bridgehead atoms. The normalized spacial score (nSPS) is 15.0. The zero-order valence-electron chi connectivity index (χ0n) is 12.2. The third-order valence-electron chi connectivity index (χ3n) is 4.29. The molecule has 21 heavy (non-hydrogen) atoms. The molecule has 3 rings (SSSR count). The SMILES string of the molecule is CCN(CC1CCC1)C(=O)c1cc(Cl)nc2ccccc12. The molecule has 4 heteroatoms. The minimum atomic E-state index is 0.0601. The predicted molar refractivity (Wildman–Crippen MR) is 85.7 cm³/mol. The molecule has 0 aliphatic heterocycles. The van der Waals surface area contributed by atoms with Gasteiger partial charge in [-0.1, -0.05) is 36.2 Å². The maximum Gasteiger partial charge on any atom is 0.254 e. The van der Waals surface area contributed by atoms with Gasteiger partial charge in [0.1, 0.15) is 5.15 Å². The maximum atomic E-state index is 12.9. The maximum absolute atomic E-state index is 12.9. The van der Waals surface area contributed by atoms with Crippen molar-refractivity contribution < 1.29 is 4.79 Å². The summed E-state index contributed by atoms with van der Waals surface area (Å²) in [4.78, 5) is 19.1. The molecule has 0 saturated heterocycles. The first kappa shape index (κ1) is 14.3. The van der Waals surface area contributed by atoms with Gasteiger partial charge in [0.2, 0.25) is 0 Å². The van der Waals surface area contributed by atoms with Gasteiger partial charge in [-0.2, -0.15) is 0 Å². The minimum absolute atomic E-state index is 0.0601. The van der Waals surface area contributed by atoms with E-state index in [1.807, 2.05) is 36.1 Å². The van der Waals surface area contributed by atoms with E-state index in [0.29, 0.717) is 16.6 Å². The number of amides is 1. The van der Waals surface area contributed by atoms with E-state index in [1.54, 1.807) is 6.07 Å². The van der Waals surface area contributed by atoms with Crippen molar-refractivity contribution in [1.82, 2.24) is 9.88 Å². The Bertz CT molecular complexity index is 667. The smallest absolute Gasteiger partial charge is 0.254 e. The lowest BCUT2D eigenvalue weighted by Crippen LogP contribution is -2.37. The van der Waals surface area contributed by atoms with Crippen molar-refractivity contribution in [2.45, 2.75) is 26.2 Å². The van der Waals surface area contributed by atoms with Crippen LogP contribution in [0.2, 0.25) is 5.15 Å². The van der Waals surface area contributed by atoms with Gasteiger partial charge in [-0.05, 0) is 37.8 Å². The number of hydrogen-bond donors (Lipinski definition) is 0. The lowest BCUT2D eigenvalue weighted by Gasteiger charge is -2.32. The third kappa shape index (κ3) is 2.88. The Kier molecular flexibility index (Phi) is 4.11. The lowest BCUT2D eigenvalue weighted by molar-refractivity contribution is 0.0708. The molecule has 1 fully saturated rings. The van der Waals surface area contributed by atoms with Crippen LogP contribution in [0.3, 0.4) is 0 Å². The van der Waals surface area contributed by atoms with E-state index in [4.69, 9.17) is 11.6 Å². The fraction of sp³-hybridized carbons (Fsp3) is 0.412. The number of nitrogens with zero attached hydrogens (tertiary/aromatic N) is 2. The van der Waals surface area contributed by atoms with Crippen LogP contribution in [0.5, 0.6) is 0 Å². The zero-order chi connectivity index (χ0) is 14.8. The van der Waals surface area contributed by atoms with Crippen LogP contribution in [0.1, 0.15) is 36.5 Å². The van der Waals surface area contributed by atoms with E-state index < -0.39 is 0 Å². The summed E-state index contributed by atoms with van der Waals surface area (Å²) in [6, 6.07) is 9.35. The molecule has 1 aliphatic rings. The number of benzene rings is 1. The Morgan fingerprint density at radius 3 is 2.81 bits per heavy atom. The fourth-order valence-corrected chi connectivity index (χ4v) is 3.03. The second-order valence-electron chi connectivity index (χ2n) is 5.65. The van der Waals surface area contributed by atoms with Crippen LogP contribution in [0.25, 0.3) is 10.9 Å². The molecule has 1 aromatic heterocycles. The summed E-state index contributed by atoms with van der Waals surface area (Å²) in [5, 5.41) is 1.25. The van der Waals surface area contributed by atoms with Gasteiger partial charge in [-0.25, -0.2) is 4.98 Å². The van der Waals surface area contributed by atoms with Crippen molar-refractivity contribution in [3.05, 3.63) is 41.0 Å². The molecule has 0 radical (unpaired) electrons. The van der Waals surface area contributed by atoms with Crippen LogP contribution in [0.15, 0.2) is 30.3 Å². The average Bonchev–Trinajstić information content (AvgIpc) is 2.45. The summed E-state index contributed by atoms with van der Waals surface area (Å²) in [6.07, 6.45) is 3.77. The van der Waals surface area contributed by atoms with Crippen molar-refractivity contribution in [3.8, 4) is 0 Å². The van der Waals surface area contributed by atoms with E-state index in [9.17, 15) is 4.79 Å². The molecule has 0 spiro atoms. The summed E-state index contributed by atoms with van der Waals surface area (Å²) in [5.74, 6) is 0.724. The van der Waals surface area contributed by atoms with Crippen LogP contribution >= 0.6 is 11.6 Å². The summed E-state index contributed by atoms with van der Waals surface area (Å²) >= 11 is 6.08. The van der Waals surface area contributed by atoms with Crippen molar-refractivity contribution in [1.29, 1.82) is 0 Å². The second kappa shape index (κ2) is 6.02. The molecule has 1 aromatic carbocycles. The summed E-state index contributed by atoms with van der Waals surface area (Å²) in [7, 11) is 0. The largest absolute Gasteiger partial charge is 0.339 e. The number of carbonyl (C=O) groups excluding carboxylic acids is 1. The van der Waals surface area contributed by atoms with Crippen LogP contribution in [-0.2, 0) is 0 Å². The molecule has 3 nitrogen and oxygen atoms in total. The summed E-state index contributed by atoms with van der Waals surface area (Å²) < 4.78 is 0. The number of aromatic nitrogens is 1. The topological polar surface area (TPSA) is 33.2 Å². The van der Waals surface area contributed by atoms with E-state index in [0.717, 1.165) is 24.0 Å². The third-order valence-corrected chi connectivity index (χ3v) is 4.48. The standard InChI is InChI=1S/C17H19ClN2O/c1-2-20(11-12-6-5-7-12)17(21)14-10-16(18)19-15-9-4-3-8-13(14)15/h3-4,8-10,12H,2,5-7,11H2,1H3. The highest BCUT2D eigenvalue weighted by Crippen LogP contribution is 2.28. The number of hydrogen-bond acceptors (Lipinski definition) is 2. The summed E-state index contributed by atoms with van der Waals surface area (Å²) in [5.41, 5.74) is 1.43. The van der Waals surface area contributed by atoms with E-state index in [-0.39, 0.29) is 5.91 Å². The van der Waals surface area contributed by atoms with Gasteiger partial charge in [0.15, 0.2) is 0 Å². The zero-order valence-corrected chi connectivity index (χ0v) is 12.9. The first-order chi connectivity index (χ1) is 10.2. The van der Waals surface area contributed by atoms with Crippen molar-refractivity contribution >= 4 is 28.4 Å². The van der Waals surface area contributed by atoms with Crippen LogP contribution in [0, 0.1) is 5.92 Å². The molecule has 1 heterocycles. The van der Waals surface area contributed by atoms with Gasteiger partial charge in [0, 0.05) is 18.5 Å². The van der Waals surface area contributed by atoms with Crippen molar-refractivity contribution in [3.63, 3.8) is 0 Å². The predicted octanol–water partition coefficient (Wildman–Crippen LogP) is 4.15. The molecule has 110 valence electrons. The number of halogens is 1. The number of pyridine rings is 1. The molecule has 0 N–H and O–H groups in total. The van der Waals surface area contributed by atoms with Crippen LogP contribution < -0.4 is 0 Å². The summed E-state index contributed by atoms with van der Waals surface area (Å²) in [6.45, 7) is 3.61. The second-order valence-corrected chi connectivity index (χ2v) is 6.04. The van der Waals surface area contributed by atoms with E-state index >= 15 is 0 Å². The molecule has 0 unspecified atom stereocenters. The molecule has 2 aromatic rings. The average molecular weight is 303 g/mol. The first-order valence-electron chi connectivity index (χ1n) is 7.53. The van der Waals surface area contributed by atoms with Gasteiger partial charge in [0.05, 0.1) is 11.1 Å². The Hall–Kier alpha value is -1.61. The van der Waals surface area contributed by atoms with Gasteiger partial charge in [-0.15, -0.1) is 0 Å². The Labute approximate surface area is 129 Å². The monoisotopic (exact) mass is 302 g/mol. The molecule has 1 amide bonds. The number of fused-ring (bicyclic) bond motifs is 1. The number of rotatable bonds is 4. The molecular formula is C17H19ClN2O. The molecule has 1 aliphatic carbocycles. The Balaban J connectivity index is 1.95. The van der Waals surface area contributed by atoms with Gasteiger partial charge in [-0.3, -0.25) is 4.79 Å². The van der Waals surface area contributed by atoms with E-state index in [1.165, 1.54) is 19.3 Å². The number of carbonyl (C=O) groups is 1. The molecule has 0 atom stereocenters. The van der Waals surface area contributed by atoms with Crippen molar-refractivity contribution in [2.75, 3.05) is 13.1 Å². The van der Waals surface area contributed by atoms with Crippen LogP contribution in [0.4, 0.5) is 0 Å². The van der Waals surface area contributed by atoms with Gasteiger partial charge < -0.3 is 4.90 Å². The highest BCUT2D eigenvalue weighted by Gasteiger charge is 2.24. The molecular weight excluding hydrogens is 284 g/mol. The highest BCUT2D eigenvalue weighted by molar-refractivity contribution is 6.30. The lowest BCUT2D eigenvalue weighted by atomic mass is 9.85. The highest BCUT2D eigenvalue weighted by atomic mass is 35.5. The molecule has 1 saturated carbocycles. The Morgan fingerprint density at radius 2 is 2.14 bits per heavy atom. The Morgan fingerprint density at radius 1 is 1.38 bits per heavy atom. The van der Waals surface area contributed by atoms with Crippen molar-refractivity contribution in [2.24, 2.45) is 5.92 Å². The first-order valence-corrected chi connectivity index (χ1v) is 7.91.